The van der Waals surface area contributed by atoms with E-state index in [1.165, 1.54) is 18.3 Å². The molecule has 1 N–H and O–H groups in total. The zero-order valence-corrected chi connectivity index (χ0v) is 10.8. The summed E-state index contributed by atoms with van der Waals surface area (Å²) in [6.07, 6.45) is 1.36. The van der Waals surface area contributed by atoms with E-state index in [1.54, 1.807) is 0 Å². The first-order chi connectivity index (χ1) is 8.97. The molecule has 1 aromatic carbocycles. The van der Waals surface area contributed by atoms with Crippen molar-refractivity contribution in [2.24, 2.45) is 0 Å². The number of carbonyl (C=O) groups excluding carboxylic acids is 1. The SMILES string of the molecule is O=C(Nc1cc(F)cc(F)c1F)c1ccnc(Br)c1. The summed E-state index contributed by atoms with van der Waals surface area (Å²) in [7, 11) is 0. The molecule has 0 unspecified atom stereocenters. The van der Waals surface area contributed by atoms with Gasteiger partial charge in [-0.05, 0) is 28.1 Å². The Kier molecular flexibility index (Phi) is 3.84. The van der Waals surface area contributed by atoms with Crippen molar-refractivity contribution in [1.29, 1.82) is 0 Å². The number of rotatable bonds is 2. The van der Waals surface area contributed by atoms with Gasteiger partial charge < -0.3 is 5.32 Å². The minimum atomic E-state index is -1.37. The number of amides is 1. The molecule has 1 heterocycles. The van der Waals surface area contributed by atoms with Crippen LogP contribution in [0.1, 0.15) is 10.4 Å². The summed E-state index contributed by atoms with van der Waals surface area (Å²) in [5.74, 6) is -4.37. The van der Waals surface area contributed by atoms with Crippen molar-refractivity contribution in [2.75, 3.05) is 5.32 Å². The molecule has 0 saturated heterocycles. The molecular formula is C12H6BrF3N2O. The van der Waals surface area contributed by atoms with Crippen LogP contribution in [-0.2, 0) is 0 Å². The first-order valence-electron chi connectivity index (χ1n) is 5.05. The summed E-state index contributed by atoms with van der Waals surface area (Å²) in [5.41, 5.74) is -0.388. The van der Waals surface area contributed by atoms with Gasteiger partial charge in [-0.2, -0.15) is 0 Å². The molecule has 0 atom stereocenters. The van der Waals surface area contributed by atoms with Crippen molar-refractivity contribution in [2.45, 2.75) is 0 Å². The molecule has 2 aromatic rings. The first kappa shape index (κ1) is 13.5. The van der Waals surface area contributed by atoms with E-state index < -0.39 is 29.0 Å². The van der Waals surface area contributed by atoms with Gasteiger partial charge >= 0.3 is 0 Å². The van der Waals surface area contributed by atoms with Crippen LogP contribution in [0, 0.1) is 17.5 Å². The van der Waals surface area contributed by atoms with Crippen molar-refractivity contribution in [1.82, 2.24) is 4.98 Å². The van der Waals surface area contributed by atoms with E-state index in [0.717, 1.165) is 0 Å². The summed E-state index contributed by atoms with van der Waals surface area (Å²) in [6.45, 7) is 0. The molecule has 0 radical (unpaired) electrons. The highest BCUT2D eigenvalue weighted by atomic mass is 79.9. The third kappa shape index (κ3) is 3.11. The molecule has 19 heavy (non-hydrogen) atoms. The number of nitrogens with zero attached hydrogens (tertiary/aromatic N) is 1. The van der Waals surface area contributed by atoms with Crippen molar-refractivity contribution in [3.8, 4) is 0 Å². The van der Waals surface area contributed by atoms with Crippen LogP contribution < -0.4 is 5.32 Å². The van der Waals surface area contributed by atoms with E-state index in [2.05, 4.69) is 26.2 Å². The highest BCUT2D eigenvalue weighted by Gasteiger charge is 2.14. The van der Waals surface area contributed by atoms with Crippen LogP contribution >= 0.6 is 15.9 Å². The lowest BCUT2D eigenvalue weighted by Gasteiger charge is -2.07. The topological polar surface area (TPSA) is 42.0 Å². The maximum atomic E-state index is 13.4. The lowest BCUT2D eigenvalue weighted by atomic mass is 10.2. The number of hydrogen-bond donors (Lipinski definition) is 1. The third-order valence-electron chi connectivity index (χ3n) is 2.23. The molecule has 3 nitrogen and oxygen atoms in total. The second kappa shape index (κ2) is 5.40. The molecule has 0 fully saturated rings. The summed E-state index contributed by atoms with van der Waals surface area (Å²) in [4.78, 5) is 15.6. The van der Waals surface area contributed by atoms with Gasteiger partial charge in [-0.1, -0.05) is 0 Å². The highest BCUT2D eigenvalue weighted by molar-refractivity contribution is 9.10. The Balaban J connectivity index is 2.29. The number of benzene rings is 1. The molecular weight excluding hydrogens is 325 g/mol. The van der Waals surface area contributed by atoms with E-state index >= 15 is 0 Å². The first-order valence-corrected chi connectivity index (χ1v) is 5.84. The monoisotopic (exact) mass is 330 g/mol. The van der Waals surface area contributed by atoms with Gasteiger partial charge in [0, 0.05) is 23.9 Å². The normalized spacial score (nSPS) is 10.3. The van der Waals surface area contributed by atoms with Crippen molar-refractivity contribution >= 4 is 27.5 Å². The maximum absolute atomic E-state index is 13.4. The molecule has 0 saturated carbocycles. The number of hydrogen-bond acceptors (Lipinski definition) is 2. The number of halogens is 4. The fraction of sp³-hybridized carbons (Fsp3) is 0. The number of aromatic nitrogens is 1. The molecule has 0 aliphatic rings. The average Bonchev–Trinajstić information content (AvgIpc) is 2.35. The van der Waals surface area contributed by atoms with E-state index in [-0.39, 0.29) is 5.56 Å². The average molecular weight is 331 g/mol. The van der Waals surface area contributed by atoms with Gasteiger partial charge in [0.25, 0.3) is 5.91 Å². The predicted octanol–water partition coefficient (Wildman–Crippen LogP) is 3.51. The van der Waals surface area contributed by atoms with E-state index in [9.17, 15) is 18.0 Å². The van der Waals surface area contributed by atoms with Crippen molar-refractivity contribution in [3.63, 3.8) is 0 Å². The zero-order valence-electron chi connectivity index (χ0n) is 9.25. The number of nitrogens with one attached hydrogen (secondary N) is 1. The van der Waals surface area contributed by atoms with Gasteiger partial charge in [-0.3, -0.25) is 4.79 Å². The Labute approximate surface area is 114 Å². The predicted molar refractivity (Wildman–Crippen MR) is 66.2 cm³/mol. The summed E-state index contributed by atoms with van der Waals surface area (Å²) in [6, 6.07) is 3.87. The Morgan fingerprint density at radius 2 is 1.95 bits per heavy atom. The van der Waals surface area contributed by atoms with Crippen LogP contribution in [0.3, 0.4) is 0 Å². The molecule has 7 heteroatoms. The van der Waals surface area contributed by atoms with Gasteiger partial charge in [-0.25, -0.2) is 18.2 Å². The van der Waals surface area contributed by atoms with Crippen LogP contribution in [0.5, 0.6) is 0 Å². The van der Waals surface area contributed by atoms with Gasteiger partial charge in [0.15, 0.2) is 11.6 Å². The molecule has 1 amide bonds. The molecule has 0 aliphatic heterocycles. The van der Waals surface area contributed by atoms with Crippen LogP contribution in [-0.4, -0.2) is 10.9 Å². The van der Waals surface area contributed by atoms with Gasteiger partial charge in [-0.15, -0.1) is 0 Å². The van der Waals surface area contributed by atoms with Crippen molar-refractivity contribution < 1.29 is 18.0 Å². The summed E-state index contributed by atoms with van der Waals surface area (Å²) >= 11 is 3.07. The van der Waals surface area contributed by atoms with E-state index in [4.69, 9.17) is 0 Å². The minimum Gasteiger partial charge on any atom is -0.319 e. The molecule has 2 rings (SSSR count). The quantitative estimate of drug-likeness (QED) is 0.676. The van der Waals surface area contributed by atoms with Crippen molar-refractivity contribution in [3.05, 3.63) is 58.1 Å². The number of anilines is 1. The lowest BCUT2D eigenvalue weighted by molar-refractivity contribution is 0.102. The van der Waals surface area contributed by atoms with E-state index in [1.807, 2.05) is 0 Å². The fourth-order valence-corrected chi connectivity index (χ4v) is 1.75. The number of carbonyl (C=O) groups is 1. The molecule has 0 spiro atoms. The molecule has 0 bridgehead atoms. The number of pyridine rings is 1. The summed E-state index contributed by atoms with van der Waals surface area (Å²) in [5, 5.41) is 2.09. The zero-order chi connectivity index (χ0) is 14.0. The van der Waals surface area contributed by atoms with Gasteiger partial charge in [0.05, 0.1) is 5.69 Å². The second-order valence-electron chi connectivity index (χ2n) is 3.57. The molecule has 0 aliphatic carbocycles. The third-order valence-corrected chi connectivity index (χ3v) is 2.66. The smallest absolute Gasteiger partial charge is 0.255 e. The van der Waals surface area contributed by atoms with Crippen LogP contribution in [0.15, 0.2) is 35.1 Å². The summed E-state index contributed by atoms with van der Waals surface area (Å²) < 4.78 is 39.7. The Morgan fingerprint density at radius 3 is 2.63 bits per heavy atom. The lowest BCUT2D eigenvalue weighted by Crippen LogP contribution is -2.14. The van der Waals surface area contributed by atoms with Gasteiger partial charge in [0.2, 0.25) is 0 Å². The van der Waals surface area contributed by atoms with Crippen LogP contribution in [0.4, 0.5) is 18.9 Å². The largest absolute Gasteiger partial charge is 0.319 e. The Morgan fingerprint density at radius 1 is 1.21 bits per heavy atom. The standard InChI is InChI=1S/C12H6BrF3N2O/c13-10-3-6(1-2-17-10)12(19)18-9-5-7(14)4-8(15)11(9)16/h1-5H,(H,18,19). The van der Waals surface area contributed by atoms with Crippen LogP contribution in [0.2, 0.25) is 0 Å². The maximum Gasteiger partial charge on any atom is 0.255 e. The Hall–Kier alpha value is -1.89. The molecule has 1 aromatic heterocycles. The van der Waals surface area contributed by atoms with Gasteiger partial charge in [0.1, 0.15) is 10.4 Å². The Bertz CT molecular complexity index is 649. The minimum absolute atomic E-state index is 0.172. The highest BCUT2D eigenvalue weighted by Crippen LogP contribution is 2.20. The fourth-order valence-electron chi connectivity index (χ4n) is 1.39. The van der Waals surface area contributed by atoms with E-state index in [0.29, 0.717) is 16.7 Å². The van der Waals surface area contributed by atoms with Crippen LogP contribution in [0.25, 0.3) is 0 Å². The second-order valence-corrected chi connectivity index (χ2v) is 4.38. The molecule has 98 valence electrons.